The number of amides is 1. The van der Waals surface area contributed by atoms with Gasteiger partial charge in [-0.3, -0.25) is 9.52 Å². The lowest BCUT2D eigenvalue weighted by atomic mass is 10.1. The zero-order valence-corrected chi connectivity index (χ0v) is 19.9. The van der Waals surface area contributed by atoms with Crippen LogP contribution in [0.5, 0.6) is 5.75 Å². The number of ether oxygens (including phenoxy) is 1. The predicted octanol–water partition coefficient (Wildman–Crippen LogP) is 4.14. The molecule has 1 saturated heterocycles. The molecule has 34 heavy (non-hydrogen) atoms. The molecule has 4 rings (SSSR count). The van der Waals surface area contributed by atoms with E-state index in [9.17, 15) is 13.2 Å². The van der Waals surface area contributed by atoms with Gasteiger partial charge >= 0.3 is 0 Å². The molecule has 1 amide bonds. The average molecular weight is 480 g/mol. The summed E-state index contributed by atoms with van der Waals surface area (Å²) in [5.74, 6) is 0.839. The van der Waals surface area contributed by atoms with Crippen LogP contribution in [0.2, 0.25) is 0 Å². The van der Waals surface area contributed by atoms with E-state index >= 15 is 0 Å². The van der Waals surface area contributed by atoms with Crippen molar-refractivity contribution in [3.05, 3.63) is 84.4 Å². The molecule has 3 aromatic carbocycles. The molecule has 0 aliphatic carbocycles. The van der Waals surface area contributed by atoms with Gasteiger partial charge in [-0.05, 0) is 79.9 Å². The molecule has 7 nitrogen and oxygen atoms in total. The fraction of sp³-hybridized carbons (Fsp3) is 0.269. The molecule has 0 bridgehead atoms. The lowest BCUT2D eigenvalue weighted by Crippen LogP contribution is -2.31. The first-order chi connectivity index (χ1) is 16.4. The van der Waals surface area contributed by atoms with E-state index in [1.165, 1.54) is 17.8 Å². The fourth-order valence-corrected chi connectivity index (χ4v) is 5.06. The van der Waals surface area contributed by atoms with E-state index in [1.54, 1.807) is 36.4 Å². The zero-order chi connectivity index (χ0) is 24.0. The number of anilines is 2. The van der Waals surface area contributed by atoms with Crippen LogP contribution in [0.1, 0.15) is 23.7 Å². The Hall–Kier alpha value is -3.52. The molecule has 0 saturated carbocycles. The van der Waals surface area contributed by atoms with Crippen molar-refractivity contribution < 1.29 is 17.9 Å². The minimum atomic E-state index is -3.74. The summed E-state index contributed by atoms with van der Waals surface area (Å²) in [6, 6.07) is 22.9. The quantitative estimate of drug-likeness (QED) is 0.482. The molecular weight excluding hydrogens is 450 g/mol. The van der Waals surface area contributed by atoms with E-state index < -0.39 is 10.0 Å². The number of rotatable bonds is 9. The van der Waals surface area contributed by atoms with E-state index in [2.05, 4.69) is 27.1 Å². The molecule has 1 atom stereocenters. The molecule has 1 unspecified atom stereocenters. The summed E-state index contributed by atoms with van der Waals surface area (Å²) in [5, 5.41) is 3.01. The van der Waals surface area contributed by atoms with Gasteiger partial charge < -0.3 is 15.0 Å². The molecule has 1 aliphatic rings. The molecule has 0 aromatic heterocycles. The first kappa shape index (κ1) is 23.6. The summed E-state index contributed by atoms with van der Waals surface area (Å²) in [5.41, 5.74) is 2.08. The highest BCUT2D eigenvalue weighted by atomic mass is 32.2. The van der Waals surface area contributed by atoms with Crippen LogP contribution < -0.4 is 19.7 Å². The maximum atomic E-state index is 12.6. The van der Waals surface area contributed by atoms with Crippen molar-refractivity contribution in [2.75, 3.05) is 35.9 Å². The second-order valence-corrected chi connectivity index (χ2v) is 9.92. The van der Waals surface area contributed by atoms with E-state index in [1.807, 2.05) is 25.1 Å². The molecule has 2 N–H and O–H groups in total. The average Bonchev–Trinajstić information content (AvgIpc) is 3.33. The SMILES string of the molecule is CCOc1ccc(S(=O)(=O)Nc2ccc(C(=O)NCC3CCN(c4ccccc4)C3)cc2)cc1. The lowest BCUT2D eigenvalue weighted by Gasteiger charge is -2.18. The molecule has 3 aromatic rings. The Kier molecular flexibility index (Phi) is 7.37. The summed E-state index contributed by atoms with van der Waals surface area (Å²) < 4.78 is 33.2. The van der Waals surface area contributed by atoms with Gasteiger partial charge in [0, 0.05) is 36.6 Å². The summed E-state index contributed by atoms with van der Waals surface area (Å²) in [6.07, 6.45) is 1.03. The minimum absolute atomic E-state index is 0.138. The lowest BCUT2D eigenvalue weighted by molar-refractivity contribution is 0.0948. The zero-order valence-electron chi connectivity index (χ0n) is 19.1. The Labute approximate surface area is 200 Å². The topological polar surface area (TPSA) is 87.7 Å². The van der Waals surface area contributed by atoms with Crippen LogP contribution >= 0.6 is 0 Å². The Morgan fingerprint density at radius 1 is 1.00 bits per heavy atom. The van der Waals surface area contributed by atoms with E-state index in [-0.39, 0.29) is 10.8 Å². The molecule has 0 radical (unpaired) electrons. The fourth-order valence-electron chi connectivity index (χ4n) is 4.00. The summed E-state index contributed by atoms with van der Waals surface area (Å²) in [4.78, 5) is 15.1. The first-order valence-corrected chi connectivity index (χ1v) is 12.9. The number of hydrogen-bond acceptors (Lipinski definition) is 5. The largest absolute Gasteiger partial charge is 0.494 e. The number of carbonyl (C=O) groups is 1. The predicted molar refractivity (Wildman–Crippen MR) is 134 cm³/mol. The van der Waals surface area contributed by atoms with E-state index in [0.717, 1.165) is 19.5 Å². The minimum Gasteiger partial charge on any atom is -0.494 e. The molecule has 1 aliphatic heterocycles. The molecule has 178 valence electrons. The van der Waals surface area contributed by atoms with Gasteiger partial charge in [-0.15, -0.1) is 0 Å². The molecule has 1 heterocycles. The monoisotopic (exact) mass is 479 g/mol. The van der Waals surface area contributed by atoms with Crippen molar-refractivity contribution in [3.63, 3.8) is 0 Å². The van der Waals surface area contributed by atoms with Crippen LogP contribution in [-0.2, 0) is 10.0 Å². The van der Waals surface area contributed by atoms with Crippen molar-refractivity contribution in [2.45, 2.75) is 18.2 Å². The van der Waals surface area contributed by atoms with E-state index in [0.29, 0.717) is 36.1 Å². The molecule has 1 fully saturated rings. The van der Waals surface area contributed by atoms with Crippen molar-refractivity contribution in [3.8, 4) is 5.75 Å². The van der Waals surface area contributed by atoms with Gasteiger partial charge in [-0.1, -0.05) is 18.2 Å². The highest BCUT2D eigenvalue weighted by Gasteiger charge is 2.23. The summed E-state index contributed by atoms with van der Waals surface area (Å²) >= 11 is 0. The van der Waals surface area contributed by atoms with E-state index in [4.69, 9.17) is 4.74 Å². The van der Waals surface area contributed by atoms with Gasteiger partial charge in [-0.2, -0.15) is 0 Å². The second-order valence-electron chi connectivity index (χ2n) is 8.23. The Morgan fingerprint density at radius 3 is 2.38 bits per heavy atom. The number of sulfonamides is 1. The van der Waals surface area contributed by atoms with Crippen LogP contribution in [0.3, 0.4) is 0 Å². The van der Waals surface area contributed by atoms with Crippen molar-refractivity contribution in [1.29, 1.82) is 0 Å². The number of para-hydroxylation sites is 1. The van der Waals surface area contributed by atoms with Crippen molar-refractivity contribution >= 4 is 27.3 Å². The third-order valence-corrected chi connectivity index (χ3v) is 7.20. The number of carbonyl (C=O) groups excluding carboxylic acids is 1. The van der Waals surface area contributed by atoms with Gasteiger partial charge in [-0.25, -0.2) is 8.42 Å². The van der Waals surface area contributed by atoms with Gasteiger partial charge in [0.15, 0.2) is 0 Å². The Balaban J connectivity index is 1.29. The Morgan fingerprint density at radius 2 is 1.71 bits per heavy atom. The molecular formula is C26H29N3O4S. The molecule has 0 spiro atoms. The molecule has 8 heteroatoms. The van der Waals surface area contributed by atoms with Gasteiger partial charge in [0.1, 0.15) is 5.75 Å². The normalized spacial score (nSPS) is 15.7. The maximum Gasteiger partial charge on any atom is 0.261 e. The number of benzene rings is 3. The van der Waals surface area contributed by atoms with Crippen molar-refractivity contribution in [2.24, 2.45) is 5.92 Å². The number of nitrogens with one attached hydrogen (secondary N) is 2. The van der Waals surface area contributed by atoms with Gasteiger partial charge in [0.05, 0.1) is 11.5 Å². The van der Waals surface area contributed by atoms with Crippen molar-refractivity contribution in [1.82, 2.24) is 5.32 Å². The first-order valence-electron chi connectivity index (χ1n) is 11.4. The van der Waals surface area contributed by atoms with Crippen LogP contribution in [0.4, 0.5) is 11.4 Å². The number of hydrogen-bond donors (Lipinski definition) is 2. The smallest absolute Gasteiger partial charge is 0.261 e. The highest BCUT2D eigenvalue weighted by Crippen LogP contribution is 2.23. The second kappa shape index (κ2) is 10.6. The Bertz CT molecular complexity index is 1200. The summed E-state index contributed by atoms with van der Waals surface area (Å²) in [7, 11) is -3.74. The van der Waals surface area contributed by atoms with Gasteiger partial charge in [0.2, 0.25) is 0 Å². The van der Waals surface area contributed by atoms with Crippen LogP contribution in [0.15, 0.2) is 83.8 Å². The number of nitrogens with zero attached hydrogens (tertiary/aromatic N) is 1. The third-order valence-electron chi connectivity index (χ3n) is 5.80. The summed E-state index contributed by atoms with van der Waals surface area (Å²) in [6.45, 7) is 4.87. The standard InChI is InChI=1S/C26H29N3O4S/c1-2-33-24-12-14-25(15-13-24)34(31,32)28-22-10-8-21(9-11-22)26(30)27-18-20-16-17-29(19-20)23-6-4-3-5-7-23/h3-15,20,28H,2,16-19H2,1H3,(H,27,30). The highest BCUT2D eigenvalue weighted by molar-refractivity contribution is 7.92. The van der Waals surface area contributed by atoms with Crippen LogP contribution in [0, 0.1) is 5.92 Å². The van der Waals surface area contributed by atoms with Crippen LogP contribution in [-0.4, -0.2) is 40.6 Å². The maximum absolute atomic E-state index is 12.6. The van der Waals surface area contributed by atoms with Gasteiger partial charge in [0.25, 0.3) is 15.9 Å². The van der Waals surface area contributed by atoms with Crippen LogP contribution in [0.25, 0.3) is 0 Å². The third kappa shape index (κ3) is 5.88.